The van der Waals surface area contributed by atoms with E-state index in [-0.39, 0.29) is 18.3 Å². The Hall–Kier alpha value is -2.85. The molecule has 2 aromatic heterocycles. The highest BCUT2D eigenvalue weighted by Gasteiger charge is 2.21. The summed E-state index contributed by atoms with van der Waals surface area (Å²) in [6.07, 6.45) is 1.81. The normalized spacial score (nSPS) is 10.9. The number of rotatable bonds is 10. The third kappa shape index (κ3) is 5.36. The molecule has 3 rings (SSSR count). The van der Waals surface area contributed by atoms with Gasteiger partial charge in [-0.2, -0.15) is 0 Å². The number of thioether (sulfide) groups is 1. The summed E-state index contributed by atoms with van der Waals surface area (Å²) >= 11 is 1.27. The van der Waals surface area contributed by atoms with Crippen molar-refractivity contribution in [2.75, 3.05) is 26.6 Å². The number of esters is 1. The van der Waals surface area contributed by atoms with Crippen molar-refractivity contribution in [3.05, 3.63) is 42.1 Å². The molecule has 1 aromatic carbocycles. The van der Waals surface area contributed by atoms with Crippen LogP contribution < -0.4 is 4.74 Å². The van der Waals surface area contributed by atoms with Crippen LogP contribution in [0, 0.1) is 0 Å². The maximum absolute atomic E-state index is 12.1. The van der Waals surface area contributed by atoms with Crippen molar-refractivity contribution < 1.29 is 19.0 Å². The highest BCUT2D eigenvalue weighted by Crippen LogP contribution is 2.30. The molecule has 0 N–H and O–H groups in total. The first-order valence-corrected chi connectivity index (χ1v) is 9.93. The molecule has 0 amide bonds. The molecule has 0 bridgehead atoms. The molecule has 0 unspecified atom stereocenters. The lowest BCUT2D eigenvalue weighted by Gasteiger charge is -2.09. The highest BCUT2D eigenvalue weighted by molar-refractivity contribution is 7.99. The first kappa shape index (κ1) is 20.9. The summed E-state index contributed by atoms with van der Waals surface area (Å²) in [6, 6.07) is 9.56. The van der Waals surface area contributed by atoms with Crippen molar-refractivity contribution in [1.82, 2.24) is 24.5 Å². The van der Waals surface area contributed by atoms with Crippen LogP contribution >= 0.6 is 11.8 Å². The van der Waals surface area contributed by atoms with Gasteiger partial charge in [0.1, 0.15) is 12.2 Å². The van der Waals surface area contributed by atoms with Gasteiger partial charge < -0.3 is 14.2 Å². The standard InChI is InChI=1S/C19H23N5O4S/c1-23-11-15(18(22-23)27-3)17-20-21-19(24(17)9-10-26-2)29-13-16(25)28-12-14-7-5-4-6-8-14/h4-8,11H,9-10,12-13H2,1-3H3. The molecule has 154 valence electrons. The van der Waals surface area contributed by atoms with Gasteiger partial charge >= 0.3 is 5.97 Å². The van der Waals surface area contributed by atoms with E-state index in [0.29, 0.717) is 30.0 Å². The Labute approximate surface area is 173 Å². The molecule has 0 aliphatic carbocycles. The average Bonchev–Trinajstić information content (AvgIpc) is 3.32. The molecule has 0 saturated heterocycles. The van der Waals surface area contributed by atoms with Gasteiger partial charge in [0.05, 0.1) is 26.0 Å². The lowest BCUT2D eigenvalue weighted by atomic mass is 10.2. The number of aryl methyl sites for hydroxylation is 1. The lowest BCUT2D eigenvalue weighted by Crippen LogP contribution is -2.10. The monoisotopic (exact) mass is 417 g/mol. The van der Waals surface area contributed by atoms with Gasteiger partial charge in [0.25, 0.3) is 0 Å². The van der Waals surface area contributed by atoms with Gasteiger partial charge in [-0.15, -0.1) is 15.3 Å². The van der Waals surface area contributed by atoms with Crippen molar-refractivity contribution in [2.24, 2.45) is 7.05 Å². The van der Waals surface area contributed by atoms with Gasteiger partial charge in [-0.05, 0) is 5.56 Å². The SMILES string of the molecule is COCCn1c(SCC(=O)OCc2ccccc2)nnc1-c1cn(C)nc1OC. The Morgan fingerprint density at radius 1 is 1.17 bits per heavy atom. The minimum atomic E-state index is -0.319. The summed E-state index contributed by atoms with van der Waals surface area (Å²) in [5, 5.41) is 13.4. The fourth-order valence-corrected chi connectivity index (χ4v) is 3.42. The van der Waals surface area contributed by atoms with E-state index in [4.69, 9.17) is 14.2 Å². The van der Waals surface area contributed by atoms with Crippen LogP contribution in [0.5, 0.6) is 5.88 Å². The zero-order valence-corrected chi connectivity index (χ0v) is 17.4. The number of hydrogen-bond donors (Lipinski definition) is 0. The topological polar surface area (TPSA) is 93.3 Å². The second-order valence-corrected chi connectivity index (χ2v) is 7.05. The Bertz CT molecular complexity index is 941. The summed E-state index contributed by atoms with van der Waals surface area (Å²) in [5.74, 6) is 0.868. The van der Waals surface area contributed by atoms with E-state index in [1.54, 1.807) is 25.9 Å². The highest BCUT2D eigenvalue weighted by atomic mass is 32.2. The molecule has 0 aliphatic rings. The Balaban J connectivity index is 1.70. The Morgan fingerprint density at radius 2 is 1.97 bits per heavy atom. The fraction of sp³-hybridized carbons (Fsp3) is 0.368. The van der Waals surface area contributed by atoms with Crippen LogP contribution in [0.25, 0.3) is 11.4 Å². The van der Waals surface area contributed by atoms with Crippen LogP contribution in [0.2, 0.25) is 0 Å². The van der Waals surface area contributed by atoms with Crippen LogP contribution in [0.3, 0.4) is 0 Å². The lowest BCUT2D eigenvalue weighted by molar-refractivity contribution is -0.141. The quantitative estimate of drug-likeness (QED) is 0.366. The molecule has 0 saturated carbocycles. The van der Waals surface area contributed by atoms with Crippen LogP contribution in [0.15, 0.2) is 41.7 Å². The second kappa shape index (κ2) is 10.1. The minimum absolute atomic E-state index is 0.127. The zero-order chi connectivity index (χ0) is 20.6. The maximum Gasteiger partial charge on any atom is 0.316 e. The number of carbonyl (C=O) groups is 1. The van der Waals surface area contributed by atoms with Gasteiger partial charge in [0.2, 0.25) is 5.88 Å². The summed E-state index contributed by atoms with van der Waals surface area (Å²) in [5.41, 5.74) is 1.66. The second-order valence-electron chi connectivity index (χ2n) is 6.11. The number of hydrogen-bond acceptors (Lipinski definition) is 8. The predicted molar refractivity (Wildman–Crippen MR) is 108 cm³/mol. The van der Waals surface area contributed by atoms with E-state index in [1.165, 1.54) is 11.8 Å². The molecule has 10 heteroatoms. The van der Waals surface area contributed by atoms with Crippen molar-refractivity contribution >= 4 is 17.7 Å². The Kier molecular flexibility index (Phi) is 7.25. The van der Waals surface area contributed by atoms with Crippen LogP contribution in [0.1, 0.15) is 5.56 Å². The summed E-state index contributed by atoms with van der Waals surface area (Å²) in [6.45, 7) is 1.24. The molecule has 0 radical (unpaired) electrons. The first-order valence-electron chi connectivity index (χ1n) is 8.95. The van der Waals surface area contributed by atoms with Gasteiger partial charge in [-0.1, -0.05) is 42.1 Å². The van der Waals surface area contributed by atoms with Crippen molar-refractivity contribution in [1.29, 1.82) is 0 Å². The van der Waals surface area contributed by atoms with Crippen LogP contribution in [0.4, 0.5) is 0 Å². The molecule has 0 atom stereocenters. The number of benzene rings is 1. The number of nitrogens with zero attached hydrogens (tertiary/aromatic N) is 5. The smallest absolute Gasteiger partial charge is 0.316 e. The first-order chi connectivity index (χ1) is 14.1. The largest absolute Gasteiger partial charge is 0.479 e. The van der Waals surface area contributed by atoms with E-state index in [2.05, 4.69) is 15.3 Å². The molecule has 29 heavy (non-hydrogen) atoms. The fourth-order valence-electron chi connectivity index (χ4n) is 2.65. The van der Waals surface area contributed by atoms with Crippen molar-refractivity contribution in [3.8, 4) is 17.3 Å². The van der Waals surface area contributed by atoms with Crippen LogP contribution in [-0.2, 0) is 34.5 Å². The predicted octanol–water partition coefficient (Wildman–Crippen LogP) is 2.17. The molecule has 0 fully saturated rings. The van der Waals surface area contributed by atoms with E-state index in [0.717, 1.165) is 11.1 Å². The minimum Gasteiger partial charge on any atom is -0.479 e. The Morgan fingerprint density at radius 3 is 2.69 bits per heavy atom. The van der Waals surface area contributed by atoms with Gasteiger partial charge in [0.15, 0.2) is 11.0 Å². The summed E-state index contributed by atoms with van der Waals surface area (Å²) < 4.78 is 19.4. The molecule has 3 aromatic rings. The summed E-state index contributed by atoms with van der Waals surface area (Å²) in [4.78, 5) is 12.1. The third-order valence-corrected chi connectivity index (χ3v) is 4.97. The third-order valence-electron chi connectivity index (χ3n) is 4.03. The van der Waals surface area contributed by atoms with Crippen LogP contribution in [-0.4, -0.2) is 57.1 Å². The summed E-state index contributed by atoms with van der Waals surface area (Å²) in [7, 11) is 4.99. The number of methoxy groups -OCH3 is 2. The molecule has 0 aliphatic heterocycles. The van der Waals surface area contributed by atoms with Gasteiger partial charge in [-0.3, -0.25) is 14.0 Å². The van der Waals surface area contributed by atoms with E-state index >= 15 is 0 Å². The van der Waals surface area contributed by atoms with Gasteiger partial charge in [0, 0.05) is 20.4 Å². The van der Waals surface area contributed by atoms with E-state index in [9.17, 15) is 4.79 Å². The molecule has 0 spiro atoms. The van der Waals surface area contributed by atoms with Crippen molar-refractivity contribution in [3.63, 3.8) is 0 Å². The molecular weight excluding hydrogens is 394 g/mol. The average molecular weight is 417 g/mol. The van der Waals surface area contributed by atoms with E-state index in [1.807, 2.05) is 41.1 Å². The number of ether oxygens (including phenoxy) is 3. The molecular formula is C19H23N5O4S. The van der Waals surface area contributed by atoms with Gasteiger partial charge in [-0.25, -0.2) is 0 Å². The van der Waals surface area contributed by atoms with Crippen molar-refractivity contribution in [2.45, 2.75) is 18.3 Å². The van der Waals surface area contributed by atoms with E-state index < -0.39 is 0 Å². The number of aromatic nitrogens is 5. The number of carbonyl (C=O) groups excluding carboxylic acids is 1. The maximum atomic E-state index is 12.1. The zero-order valence-electron chi connectivity index (χ0n) is 16.6. The molecule has 2 heterocycles. The molecule has 9 nitrogen and oxygen atoms in total.